The van der Waals surface area contributed by atoms with Crippen molar-refractivity contribution in [2.24, 2.45) is 0 Å². The highest BCUT2D eigenvalue weighted by Gasteiger charge is 2.21. The van der Waals surface area contributed by atoms with Gasteiger partial charge in [-0.3, -0.25) is 4.79 Å². The van der Waals surface area contributed by atoms with Crippen LogP contribution in [0.5, 0.6) is 0 Å². The van der Waals surface area contributed by atoms with Crippen molar-refractivity contribution in [3.8, 4) is 0 Å². The molecule has 102 valence electrons. The van der Waals surface area contributed by atoms with Crippen LogP contribution in [-0.4, -0.2) is 21.0 Å². The Morgan fingerprint density at radius 1 is 1.47 bits per heavy atom. The highest BCUT2D eigenvalue weighted by Crippen LogP contribution is 2.17. The standard InChI is InChI=1S/C13H18N4O2/c1-5-10(12-14-6-7(2)15-12)16-13(18)11-8(3)17-19-9(11)4/h6,10H,5H2,1-4H3,(H,14,15)(H,16,18)/t10-/m1/s1. The molecule has 0 aromatic carbocycles. The third-order valence-electron chi connectivity index (χ3n) is 3.03. The molecule has 0 spiro atoms. The molecule has 2 aromatic rings. The summed E-state index contributed by atoms with van der Waals surface area (Å²) in [5.74, 6) is 1.11. The Labute approximate surface area is 111 Å². The summed E-state index contributed by atoms with van der Waals surface area (Å²) >= 11 is 0. The van der Waals surface area contributed by atoms with Gasteiger partial charge in [0.15, 0.2) is 0 Å². The molecule has 0 aliphatic rings. The van der Waals surface area contributed by atoms with Crippen molar-refractivity contribution in [3.05, 3.63) is 34.7 Å². The fourth-order valence-electron chi connectivity index (χ4n) is 2.01. The number of imidazole rings is 1. The number of rotatable bonds is 4. The number of amides is 1. The Balaban J connectivity index is 2.17. The lowest BCUT2D eigenvalue weighted by Crippen LogP contribution is -2.29. The second kappa shape index (κ2) is 5.26. The average Bonchev–Trinajstić information content (AvgIpc) is 2.93. The van der Waals surface area contributed by atoms with Crippen LogP contribution in [0.15, 0.2) is 10.7 Å². The first-order chi connectivity index (χ1) is 9.02. The second-order valence-electron chi connectivity index (χ2n) is 4.58. The van der Waals surface area contributed by atoms with E-state index in [4.69, 9.17) is 4.52 Å². The molecule has 1 amide bonds. The van der Waals surface area contributed by atoms with E-state index in [-0.39, 0.29) is 11.9 Å². The van der Waals surface area contributed by atoms with Gasteiger partial charge in [0.25, 0.3) is 5.91 Å². The number of H-pyrrole nitrogens is 1. The molecule has 2 N–H and O–H groups in total. The molecule has 0 saturated heterocycles. The molecule has 19 heavy (non-hydrogen) atoms. The molecule has 0 fully saturated rings. The number of aromatic amines is 1. The summed E-state index contributed by atoms with van der Waals surface area (Å²) in [6.45, 7) is 7.41. The van der Waals surface area contributed by atoms with Crippen LogP contribution in [0.3, 0.4) is 0 Å². The van der Waals surface area contributed by atoms with Gasteiger partial charge in [-0.1, -0.05) is 12.1 Å². The number of nitrogens with one attached hydrogen (secondary N) is 2. The number of aromatic nitrogens is 3. The Kier molecular flexibility index (Phi) is 3.69. The molecule has 1 atom stereocenters. The molecule has 2 heterocycles. The van der Waals surface area contributed by atoms with Gasteiger partial charge < -0.3 is 14.8 Å². The Bertz CT molecular complexity index is 566. The predicted octanol–water partition coefficient (Wildman–Crippen LogP) is 2.20. The first-order valence-electron chi connectivity index (χ1n) is 6.28. The zero-order chi connectivity index (χ0) is 14.0. The summed E-state index contributed by atoms with van der Waals surface area (Å²) in [7, 11) is 0. The van der Waals surface area contributed by atoms with E-state index < -0.39 is 0 Å². The maximum atomic E-state index is 12.2. The lowest BCUT2D eigenvalue weighted by Gasteiger charge is -2.14. The number of nitrogens with zero attached hydrogens (tertiary/aromatic N) is 2. The van der Waals surface area contributed by atoms with E-state index in [9.17, 15) is 4.79 Å². The molecule has 0 aliphatic heterocycles. The quantitative estimate of drug-likeness (QED) is 0.884. The maximum absolute atomic E-state index is 12.2. The molecule has 2 aromatic heterocycles. The molecule has 0 unspecified atom stereocenters. The van der Waals surface area contributed by atoms with Crippen molar-refractivity contribution >= 4 is 5.91 Å². The van der Waals surface area contributed by atoms with Gasteiger partial charge in [0.1, 0.15) is 17.1 Å². The van der Waals surface area contributed by atoms with Crippen LogP contribution < -0.4 is 5.32 Å². The van der Waals surface area contributed by atoms with Gasteiger partial charge in [-0.05, 0) is 27.2 Å². The van der Waals surface area contributed by atoms with Gasteiger partial charge in [0, 0.05) is 11.9 Å². The molecule has 0 saturated carbocycles. The summed E-state index contributed by atoms with van der Waals surface area (Å²) in [5, 5.41) is 6.74. The number of carbonyl (C=O) groups excluding carboxylic acids is 1. The van der Waals surface area contributed by atoms with Crippen LogP contribution in [0, 0.1) is 20.8 Å². The third-order valence-corrected chi connectivity index (χ3v) is 3.03. The van der Waals surface area contributed by atoms with Crippen LogP contribution in [0.25, 0.3) is 0 Å². The topological polar surface area (TPSA) is 83.8 Å². The number of aryl methyl sites for hydroxylation is 3. The van der Waals surface area contributed by atoms with Crippen molar-refractivity contribution in [1.29, 1.82) is 0 Å². The molecular formula is C13H18N4O2. The van der Waals surface area contributed by atoms with Crippen LogP contribution >= 0.6 is 0 Å². The van der Waals surface area contributed by atoms with Crippen molar-refractivity contribution in [3.63, 3.8) is 0 Å². The van der Waals surface area contributed by atoms with E-state index in [1.165, 1.54) is 0 Å². The highest BCUT2D eigenvalue weighted by molar-refractivity contribution is 5.96. The fraction of sp³-hybridized carbons (Fsp3) is 0.462. The summed E-state index contributed by atoms with van der Waals surface area (Å²) in [6.07, 6.45) is 2.50. The van der Waals surface area contributed by atoms with Crippen molar-refractivity contribution < 1.29 is 9.32 Å². The van der Waals surface area contributed by atoms with Gasteiger partial charge in [-0.25, -0.2) is 4.98 Å². The lowest BCUT2D eigenvalue weighted by molar-refractivity contribution is 0.0932. The maximum Gasteiger partial charge on any atom is 0.257 e. The molecule has 2 rings (SSSR count). The van der Waals surface area contributed by atoms with Crippen molar-refractivity contribution in [1.82, 2.24) is 20.4 Å². The minimum Gasteiger partial charge on any atom is -0.361 e. The first-order valence-corrected chi connectivity index (χ1v) is 6.28. The third kappa shape index (κ3) is 2.67. The van der Waals surface area contributed by atoms with Gasteiger partial charge in [0.05, 0.1) is 11.7 Å². The summed E-state index contributed by atoms with van der Waals surface area (Å²) < 4.78 is 5.01. The van der Waals surface area contributed by atoms with E-state index in [2.05, 4.69) is 20.4 Å². The zero-order valence-corrected chi connectivity index (χ0v) is 11.6. The smallest absolute Gasteiger partial charge is 0.257 e. The normalized spacial score (nSPS) is 12.4. The van der Waals surface area contributed by atoms with Crippen LogP contribution in [0.4, 0.5) is 0 Å². The Hall–Kier alpha value is -2.11. The van der Waals surface area contributed by atoms with Gasteiger partial charge in [-0.15, -0.1) is 0 Å². The molecule has 6 heteroatoms. The van der Waals surface area contributed by atoms with Crippen LogP contribution in [-0.2, 0) is 0 Å². The molecule has 6 nitrogen and oxygen atoms in total. The van der Waals surface area contributed by atoms with Gasteiger partial charge >= 0.3 is 0 Å². The van der Waals surface area contributed by atoms with Crippen molar-refractivity contribution in [2.45, 2.75) is 40.2 Å². The van der Waals surface area contributed by atoms with E-state index in [1.54, 1.807) is 20.0 Å². The zero-order valence-electron chi connectivity index (χ0n) is 11.6. The summed E-state index contributed by atoms with van der Waals surface area (Å²) in [6, 6.07) is -0.144. The second-order valence-corrected chi connectivity index (χ2v) is 4.58. The van der Waals surface area contributed by atoms with E-state index >= 15 is 0 Å². The molecule has 0 bridgehead atoms. The highest BCUT2D eigenvalue weighted by atomic mass is 16.5. The lowest BCUT2D eigenvalue weighted by atomic mass is 10.1. The minimum atomic E-state index is -0.183. The van der Waals surface area contributed by atoms with Crippen LogP contribution in [0.1, 0.15) is 52.7 Å². The monoisotopic (exact) mass is 262 g/mol. The summed E-state index contributed by atoms with van der Waals surface area (Å²) in [5.41, 5.74) is 2.07. The largest absolute Gasteiger partial charge is 0.361 e. The minimum absolute atomic E-state index is 0.144. The summed E-state index contributed by atoms with van der Waals surface area (Å²) in [4.78, 5) is 19.6. The van der Waals surface area contributed by atoms with Crippen LogP contribution in [0.2, 0.25) is 0 Å². The first kappa shape index (κ1) is 13.3. The number of hydrogen-bond donors (Lipinski definition) is 2. The predicted molar refractivity (Wildman–Crippen MR) is 69.8 cm³/mol. The molecular weight excluding hydrogens is 244 g/mol. The number of hydrogen-bond acceptors (Lipinski definition) is 4. The SMILES string of the molecule is CC[C@@H](NC(=O)c1c(C)noc1C)c1ncc(C)[nH]1. The van der Waals surface area contributed by atoms with Crippen molar-refractivity contribution in [2.75, 3.05) is 0 Å². The molecule has 0 radical (unpaired) electrons. The van der Waals surface area contributed by atoms with Gasteiger partial charge in [0.2, 0.25) is 0 Å². The van der Waals surface area contributed by atoms with E-state index in [1.807, 2.05) is 13.8 Å². The molecule has 0 aliphatic carbocycles. The number of carbonyl (C=O) groups is 1. The Morgan fingerprint density at radius 2 is 2.21 bits per heavy atom. The Morgan fingerprint density at radius 3 is 2.68 bits per heavy atom. The van der Waals surface area contributed by atoms with Gasteiger partial charge in [-0.2, -0.15) is 0 Å². The fourth-order valence-corrected chi connectivity index (χ4v) is 2.01. The van der Waals surface area contributed by atoms with E-state index in [0.717, 1.165) is 17.9 Å². The average molecular weight is 262 g/mol. The van der Waals surface area contributed by atoms with E-state index in [0.29, 0.717) is 17.0 Å².